The van der Waals surface area contributed by atoms with E-state index in [4.69, 9.17) is 17.0 Å². The van der Waals surface area contributed by atoms with Crippen LogP contribution in [0.1, 0.15) is 38.1 Å². The zero-order valence-electron chi connectivity index (χ0n) is 13.4. The Kier molecular flexibility index (Phi) is 5.12. The number of ether oxygens (including phenoxy) is 1. The van der Waals surface area contributed by atoms with E-state index in [9.17, 15) is 14.7 Å². The minimum Gasteiger partial charge on any atom is -0.478 e. The molecule has 130 valence electrons. The lowest BCUT2D eigenvalue weighted by atomic mass is 10.0. The highest BCUT2D eigenvalue weighted by Gasteiger charge is 2.28. The van der Waals surface area contributed by atoms with Crippen molar-refractivity contribution >= 4 is 45.5 Å². The van der Waals surface area contributed by atoms with Gasteiger partial charge >= 0.3 is 5.97 Å². The molecule has 1 unspecified atom stereocenters. The van der Waals surface area contributed by atoms with E-state index < -0.39 is 5.97 Å². The molecule has 3 rings (SSSR count). The van der Waals surface area contributed by atoms with Crippen molar-refractivity contribution in [2.45, 2.75) is 26.1 Å². The molecule has 1 aliphatic heterocycles. The average Bonchev–Trinajstić information content (AvgIpc) is 2.92. The Hall–Kier alpha value is -2.29. The second kappa shape index (κ2) is 7.30. The molecule has 3 N–H and O–H groups in total. The molecule has 6 nitrogen and oxygen atoms in total. The average molecular weight is 376 g/mol. The molecule has 2 heterocycles. The van der Waals surface area contributed by atoms with E-state index in [0.29, 0.717) is 23.6 Å². The Morgan fingerprint density at radius 1 is 1.32 bits per heavy atom. The van der Waals surface area contributed by atoms with Crippen molar-refractivity contribution in [1.29, 1.82) is 0 Å². The summed E-state index contributed by atoms with van der Waals surface area (Å²) in [6.07, 6.45) is 0.510. The molecule has 2 aromatic rings. The van der Waals surface area contributed by atoms with Crippen LogP contribution in [-0.4, -0.2) is 28.2 Å². The van der Waals surface area contributed by atoms with Gasteiger partial charge in [0.2, 0.25) is 0 Å². The number of hydrogen-bond acceptors (Lipinski definition) is 5. The second-order valence-corrected chi connectivity index (χ2v) is 7.13. The largest absolute Gasteiger partial charge is 0.478 e. The second-order valence-electron chi connectivity index (χ2n) is 5.61. The molecule has 1 aliphatic rings. The van der Waals surface area contributed by atoms with Crippen LogP contribution in [0.15, 0.2) is 30.3 Å². The molecular weight excluding hydrogens is 360 g/mol. The first-order valence-electron chi connectivity index (χ1n) is 7.62. The highest BCUT2D eigenvalue weighted by atomic mass is 32.1. The van der Waals surface area contributed by atoms with Gasteiger partial charge in [0, 0.05) is 16.9 Å². The topological polar surface area (TPSA) is 87.7 Å². The minimum absolute atomic E-state index is 0.0298. The molecule has 1 aromatic carbocycles. The highest BCUT2D eigenvalue weighted by molar-refractivity contribution is 7.80. The van der Waals surface area contributed by atoms with Crippen LogP contribution in [0.5, 0.6) is 0 Å². The van der Waals surface area contributed by atoms with Crippen LogP contribution < -0.4 is 10.6 Å². The molecular formula is C17H16N2O4S2. The summed E-state index contributed by atoms with van der Waals surface area (Å²) >= 11 is 6.45. The van der Waals surface area contributed by atoms with Gasteiger partial charge in [-0.05, 0) is 36.8 Å². The van der Waals surface area contributed by atoms with E-state index in [2.05, 4.69) is 10.6 Å². The van der Waals surface area contributed by atoms with Crippen LogP contribution in [-0.2, 0) is 17.8 Å². The van der Waals surface area contributed by atoms with Crippen molar-refractivity contribution in [3.63, 3.8) is 0 Å². The van der Waals surface area contributed by atoms with Crippen LogP contribution in [0.25, 0.3) is 0 Å². The van der Waals surface area contributed by atoms with Gasteiger partial charge in [-0.25, -0.2) is 4.79 Å². The summed E-state index contributed by atoms with van der Waals surface area (Å²) in [5.41, 5.74) is 1.44. The summed E-state index contributed by atoms with van der Waals surface area (Å²) in [5, 5.41) is 15.4. The summed E-state index contributed by atoms with van der Waals surface area (Å²) in [6, 6.07) is 8.66. The first-order chi connectivity index (χ1) is 12.0. The number of nitrogens with one attached hydrogen (secondary N) is 2. The molecule has 0 fully saturated rings. The highest BCUT2D eigenvalue weighted by Crippen LogP contribution is 2.37. The number of amides is 1. The van der Waals surface area contributed by atoms with Crippen molar-refractivity contribution in [3.8, 4) is 0 Å². The van der Waals surface area contributed by atoms with Gasteiger partial charge in [-0.2, -0.15) is 0 Å². The van der Waals surface area contributed by atoms with E-state index in [1.54, 1.807) is 24.3 Å². The van der Waals surface area contributed by atoms with Gasteiger partial charge < -0.3 is 15.2 Å². The number of thiocarbonyl (C=S) groups is 1. The van der Waals surface area contributed by atoms with Crippen molar-refractivity contribution in [2.24, 2.45) is 0 Å². The van der Waals surface area contributed by atoms with Gasteiger partial charge in [0.05, 0.1) is 18.3 Å². The smallest absolute Gasteiger partial charge is 0.339 e. The Labute approximate surface area is 153 Å². The fraction of sp³-hybridized carbons (Fsp3) is 0.235. The number of carboxylic acid groups (broad SMARTS) is 1. The van der Waals surface area contributed by atoms with Crippen molar-refractivity contribution in [1.82, 2.24) is 5.32 Å². The maximum Gasteiger partial charge on any atom is 0.339 e. The van der Waals surface area contributed by atoms with Crippen LogP contribution >= 0.6 is 23.6 Å². The maximum absolute atomic E-state index is 12.1. The van der Waals surface area contributed by atoms with E-state index >= 15 is 0 Å². The number of rotatable bonds is 3. The molecule has 1 aromatic heterocycles. The Balaban J connectivity index is 1.77. The summed E-state index contributed by atoms with van der Waals surface area (Å²) in [7, 11) is 0. The van der Waals surface area contributed by atoms with Crippen LogP contribution in [0.4, 0.5) is 5.00 Å². The lowest BCUT2D eigenvalue weighted by molar-refractivity contribution is 0.0426. The van der Waals surface area contributed by atoms with Gasteiger partial charge in [0.15, 0.2) is 5.11 Å². The number of hydrogen-bond donors (Lipinski definition) is 3. The quantitative estimate of drug-likeness (QED) is 0.714. The number of fused-ring (bicyclic) bond motifs is 1. The molecule has 0 spiro atoms. The molecule has 1 amide bonds. The summed E-state index contributed by atoms with van der Waals surface area (Å²) in [6.45, 7) is 2.29. The van der Waals surface area contributed by atoms with Crippen LogP contribution in [0.3, 0.4) is 0 Å². The lowest BCUT2D eigenvalue weighted by Gasteiger charge is -2.19. The van der Waals surface area contributed by atoms with Crippen molar-refractivity contribution < 1.29 is 19.4 Å². The van der Waals surface area contributed by atoms with Crippen LogP contribution in [0.2, 0.25) is 0 Å². The summed E-state index contributed by atoms with van der Waals surface area (Å²) < 4.78 is 5.57. The molecule has 0 saturated heterocycles. The number of benzene rings is 1. The first kappa shape index (κ1) is 17.5. The van der Waals surface area contributed by atoms with E-state index in [-0.39, 0.29) is 22.7 Å². The van der Waals surface area contributed by atoms with Gasteiger partial charge in [-0.3, -0.25) is 10.1 Å². The summed E-state index contributed by atoms with van der Waals surface area (Å²) in [5.74, 6) is -1.38. The SMILES string of the molecule is CC1Cc2c(sc(NC(=S)NC(=O)c3ccccc3)c2C(=O)O)CO1. The number of carbonyl (C=O) groups is 2. The monoisotopic (exact) mass is 376 g/mol. The Morgan fingerprint density at radius 2 is 2.04 bits per heavy atom. The fourth-order valence-electron chi connectivity index (χ4n) is 2.62. The van der Waals surface area contributed by atoms with E-state index in [1.807, 2.05) is 13.0 Å². The molecule has 1 atom stereocenters. The molecule has 0 aliphatic carbocycles. The van der Waals surface area contributed by atoms with Gasteiger partial charge in [0.1, 0.15) is 5.00 Å². The lowest BCUT2D eigenvalue weighted by Crippen LogP contribution is -2.34. The van der Waals surface area contributed by atoms with Gasteiger partial charge in [-0.15, -0.1) is 11.3 Å². The first-order valence-corrected chi connectivity index (χ1v) is 8.85. The molecule has 25 heavy (non-hydrogen) atoms. The molecule has 0 saturated carbocycles. The predicted molar refractivity (Wildman–Crippen MR) is 99.4 cm³/mol. The third-order valence-corrected chi connectivity index (χ3v) is 5.11. The third-order valence-electron chi connectivity index (χ3n) is 3.79. The Morgan fingerprint density at radius 3 is 2.72 bits per heavy atom. The standard InChI is InChI=1S/C17H16N2O4S2/c1-9-7-11-12(8-23-9)25-15(13(11)16(21)22)19-17(24)18-14(20)10-5-3-2-4-6-10/h2-6,9H,7-8H2,1H3,(H,21,22)(H2,18,19,20,24). The number of thiophene rings is 1. The number of carboxylic acids is 1. The molecule has 8 heteroatoms. The molecule has 0 radical (unpaired) electrons. The van der Waals surface area contributed by atoms with Gasteiger partial charge in [0.25, 0.3) is 5.91 Å². The number of aromatic carboxylic acids is 1. The molecule has 0 bridgehead atoms. The summed E-state index contributed by atoms with van der Waals surface area (Å²) in [4.78, 5) is 24.7. The maximum atomic E-state index is 12.1. The number of anilines is 1. The van der Waals surface area contributed by atoms with Gasteiger partial charge in [-0.1, -0.05) is 18.2 Å². The minimum atomic E-state index is -1.02. The normalized spacial score (nSPS) is 16.0. The van der Waals surface area contributed by atoms with E-state index in [1.165, 1.54) is 11.3 Å². The van der Waals surface area contributed by atoms with Crippen molar-refractivity contribution in [3.05, 3.63) is 51.9 Å². The Bertz CT molecular complexity index is 833. The third kappa shape index (κ3) is 3.87. The zero-order valence-corrected chi connectivity index (χ0v) is 15.0. The zero-order chi connectivity index (χ0) is 18.0. The van der Waals surface area contributed by atoms with Crippen molar-refractivity contribution in [2.75, 3.05) is 5.32 Å². The fourth-order valence-corrected chi connectivity index (χ4v) is 4.03. The van der Waals surface area contributed by atoms with E-state index in [0.717, 1.165) is 10.4 Å². The number of carbonyl (C=O) groups excluding carboxylic acids is 1. The predicted octanol–water partition coefficient (Wildman–Crippen LogP) is 3.03. The van der Waals surface area contributed by atoms with Crippen LogP contribution in [0, 0.1) is 0 Å².